The van der Waals surface area contributed by atoms with Crippen molar-refractivity contribution in [1.82, 2.24) is 4.90 Å². The fraction of sp³-hybridized carbons (Fsp3) is 0.353. The summed E-state index contributed by atoms with van der Waals surface area (Å²) < 4.78 is 0. The summed E-state index contributed by atoms with van der Waals surface area (Å²) in [6.07, 6.45) is 2.63. The molecule has 1 aliphatic heterocycles. The molecule has 0 aromatic heterocycles. The standard InChI is InChI=1S/C17H17ClN2O3/c1-10-3-2-4-12(7-10)19-15(21)9-20-16(22)13-6-5-11(18)8-14(13)17(20)23/h2-5,7,13-14H,6,8-9H2,1H3,(H,19,21)/t13-,14+/m0/s1. The van der Waals surface area contributed by atoms with Gasteiger partial charge < -0.3 is 5.32 Å². The highest BCUT2D eigenvalue weighted by Crippen LogP contribution is 2.38. The molecule has 1 N–H and O–H groups in total. The fourth-order valence-corrected chi connectivity index (χ4v) is 3.37. The van der Waals surface area contributed by atoms with E-state index in [-0.39, 0.29) is 30.2 Å². The summed E-state index contributed by atoms with van der Waals surface area (Å²) in [5.74, 6) is -1.76. The lowest BCUT2D eigenvalue weighted by molar-refractivity contribution is -0.142. The van der Waals surface area contributed by atoms with Crippen molar-refractivity contribution in [1.29, 1.82) is 0 Å². The molecule has 3 rings (SSSR count). The number of amides is 3. The Morgan fingerprint density at radius 1 is 1.30 bits per heavy atom. The number of likely N-dealkylation sites (tertiary alicyclic amines) is 1. The van der Waals surface area contributed by atoms with Crippen LogP contribution in [0.2, 0.25) is 0 Å². The zero-order valence-corrected chi connectivity index (χ0v) is 13.5. The highest BCUT2D eigenvalue weighted by Gasteiger charge is 2.48. The fourth-order valence-electron chi connectivity index (χ4n) is 3.12. The van der Waals surface area contributed by atoms with Gasteiger partial charge in [-0.05, 0) is 37.5 Å². The Morgan fingerprint density at radius 3 is 2.78 bits per heavy atom. The number of halogens is 1. The Morgan fingerprint density at radius 2 is 2.04 bits per heavy atom. The highest BCUT2D eigenvalue weighted by atomic mass is 35.5. The van der Waals surface area contributed by atoms with E-state index < -0.39 is 5.92 Å². The second-order valence-electron chi connectivity index (χ2n) is 5.98. The van der Waals surface area contributed by atoms with Crippen molar-refractivity contribution in [3.05, 3.63) is 40.9 Å². The second-order valence-corrected chi connectivity index (χ2v) is 6.47. The third-order valence-corrected chi connectivity index (χ3v) is 4.57. The molecule has 6 heteroatoms. The molecule has 2 atom stereocenters. The Hall–Kier alpha value is -2.14. The van der Waals surface area contributed by atoms with Gasteiger partial charge in [0.15, 0.2) is 0 Å². The van der Waals surface area contributed by atoms with Crippen LogP contribution < -0.4 is 5.32 Å². The van der Waals surface area contributed by atoms with Gasteiger partial charge in [0.25, 0.3) is 0 Å². The number of imide groups is 1. The van der Waals surface area contributed by atoms with E-state index in [1.54, 1.807) is 12.1 Å². The Balaban J connectivity index is 1.67. The molecule has 0 bridgehead atoms. The van der Waals surface area contributed by atoms with E-state index in [0.717, 1.165) is 10.5 Å². The number of benzene rings is 1. The van der Waals surface area contributed by atoms with Crippen LogP contribution >= 0.6 is 11.6 Å². The number of nitrogens with zero attached hydrogens (tertiary/aromatic N) is 1. The monoisotopic (exact) mass is 332 g/mol. The first-order valence-corrected chi connectivity index (χ1v) is 7.90. The molecule has 0 spiro atoms. The smallest absolute Gasteiger partial charge is 0.244 e. The van der Waals surface area contributed by atoms with Gasteiger partial charge in [0.05, 0.1) is 11.8 Å². The minimum Gasteiger partial charge on any atom is -0.325 e. The summed E-state index contributed by atoms with van der Waals surface area (Å²) in [7, 11) is 0. The van der Waals surface area contributed by atoms with Crippen molar-refractivity contribution < 1.29 is 14.4 Å². The predicted molar refractivity (Wildman–Crippen MR) is 86.7 cm³/mol. The predicted octanol–water partition coefficient (Wildman–Crippen LogP) is 2.45. The molecule has 2 aliphatic rings. The number of anilines is 1. The van der Waals surface area contributed by atoms with Crippen LogP contribution in [0.1, 0.15) is 18.4 Å². The number of carbonyl (C=O) groups is 3. The Labute approximate surface area is 139 Å². The number of rotatable bonds is 3. The van der Waals surface area contributed by atoms with Crippen molar-refractivity contribution >= 4 is 35.0 Å². The normalized spacial score (nSPS) is 23.6. The topological polar surface area (TPSA) is 66.5 Å². The minimum atomic E-state index is -0.424. The number of hydrogen-bond donors (Lipinski definition) is 1. The van der Waals surface area contributed by atoms with Gasteiger partial charge in [-0.1, -0.05) is 29.8 Å². The van der Waals surface area contributed by atoms with Crippen molar-refractivity contribution in [2.45, 2.75) is 19.8 Å². The minimum absolute atomic E-state index is 0.254. The molecule has 3 amide bonds. The van der Waals surface area contributed by atoms with Crippen molar-refractivity contribution in [2.75, 3.05) is 11.9 Å². The van der Waals surface area contributed by atoms with E-state index in [4.69, 9.17) is 11.6 Å². The zero-order chi connectivity index (χ0) is 16.6. The van der Waals surface area contributed by atoms with Crippen LogP contribution in [-0.4, -0.2) is 29.2 Å². The van der Waals surface area contributed by atoms with Crippen LogP contribution in [0.15, 0.2) is 35.4 Å². The number of aryl methyl sites for hydroxylation is 1. The van der Waals surface area contributed by atoms with E-state index in [0.29, 0.717) is 23.6 Å². The molecule has 23 heavy (non-hydrogen) atoms. The maximum atomic E-state index is 12.4. The third kappa shape index (κ3) is 3.15. The first kappa shape index (κ1) is 15.7. The van der Waals surface area contributed by atoms with E-state index in [1.165, 1.54) is 0 Å². The van der Waals surface area contributed by atoms with E-state index >= 15 is 0 Å². The van der Waals surface area contributed by atoms with Gasteiger partial charge in [0, 0.05) is 10.7 Å². The molecule has 0 radical (unpaired) electrons. The highest BCUT2D eigenvalue weighted by molar-refractivity contribution is 6.30. The molecule has 120 valence electrons. The average Bonchev–Trinajstić information content (AvgIpc) is 2.72. The molecule has 1 saturated heterocycles. The van der Waals surface area contributed by atoms with Crippen LogP contribution in [0, 0.1) is 18.8 Å². The van der Waals surface area contributed by atoms with Crippen LogP contribution in [0.4, 0.5) is 5.69 Å². The maximum absolute atomic E-state index is 12.4. The summed E-state index contributed by atoms with van der Waals surface area (Å²) in [5, 5.41) is 3.33. The summed E-state index contributed by atoms with van der Waals surface area (Å²) in [6, 6.07) is 7.35. The quantitative estimate of drug-likeness (QED) is 0.865. The van der Waals surface area contributed by atoms with E-state index in [2.05, 4.69) is 5.32 Å². The lowest BCUT2D eigenvalue weighted by Crippen LogP contribution is -2.38. The lowest BCUT2D eigenvalue weighted by atomic mass is 9.85. The molecule has 1 heterocycles. The number of nitrogens with one attached hydrogen (secondary N) is 1. The van der Waals surface area contributed by atoms with Gasteiger partial charge in [-0.15, -0.1) is 0 Å². The van der Waals surface area contributed by atoms with Crippen molar-refractivity contribution in [3.63, 3.8) is 0 Å². The van der Waals surface area contributed by atoms with Gasteiger partial charge in [-0.2, -0.15) is 0 Å². The SMILES string of the molecule is Cc1cccc(NC(=O)CN2C(=O)[C@H]3CC=C(Cl)C[C@H]3C2=O)c1. The maximum Gasteiger partial charge on any atom is 0.244 e. The molecule has 1 aliphatic carbocycles. The second kappa shape index (κ2) is 6.16. The van der Waals surface area contributed by atoms with Gasteiger partial charge in [-0.25, -0.2) is 0 Å². The van der Waals surface area contributed by atoms with Gasteiger partial charge in [0.2, 0.25) is 17.7 Å². The van der Waals surface area contributed by atoms with Crippen LogP contribution in [0.3, 0.4) is 0 Å². The molecule has 5 nitrogen and oxygen atoms in total. The van der Waals surface area contributed by atoms with Crippen LogP contribution in [-0.2, 0) is 14.4 Å². The Bertz CT molecular complexity index is 714. The number of carbonyl (C=O) groups excluding carboxylic acids is 3. The molecule has 0 unspecified atom stereocenters. The molecule has 1 aromatic rings. The van der Waals surface area contributed by atoms with Gasteiger partial charge in [0.1, 0.15) is 6.54 Å². The number of fused-ring (bicyclic) bond motifs is 1. The number of allylic oxidation sites excluding steroid dienone is 2. The van der Waals surface area contributed by atoms with Crippen molar-refractivity contribution in [2.24, 2.45) is 11.8 Å². The molecule has 0 saturated carbocycles. The third-order valence-electron chi connectivity index (χ3n) is 4.26. The Kier molecular flexibility index (Phi) is 4.22. The van der Waals surface area contributed by atoms with Gasteiger partial charge in [-0.3, -0.25) is 19.3 Å². The van der Waals surface area contributed by atoms with E-state index in [1.807, 2.05) is 25.1 Å². The molecule has 1 fully saturated rings. The molecular weight excluding hydrogens is 316 g/mol. The van der Waals surface area contributed by atoms with Crippen LogP contribution in [0.5, 0.6) is 0 Å². The lowest BCUT2D eigenvalue weighted by Gasteiger charge is -2.17. The summed E-state index contributed by atoms with van der Waals surface area (Å²) >= 11 is 5.97. The van der Waals surface area contributed by atoms with E-state index in [9.17, 15) is 14.4 Å². The number of hydrogen-bond acceptors (Lipinski definition) is 3. The average molecular weight is 333 g/mol. The van der Waals surface area contributed by atoms with Crippen molar-refractivity contribution in [3.8, 4) is 0 Å². The molecular formula is C17H17ClN2O3. The largest absolute Gasteiger partial charge is 0.325 e. The zero-order valence-electron chi connectivity index (χ0n) is 12.7. The summed E-state index contributed by atoms with van der Waals surface area (Å²) in [5.41, 5.74) is 1.67. The first-order valence-electron chi connectivity index (χ1n) is 7.52. The summed E-state index contributed by atoms with van der Waals surface area (Å²) in [6.45, 7) is 1.67. The summed E-state index contributed by atoms with van der Waals surface area (Å²) in [4.78, 5) is 37.9. The first-order chi connectivity index (χ1) is 11.0. The van der Waals surface area contributed by atoms with Gasteiger partial charge >= 0.3 is 0 Å². The van der Waals surface area contributed by atoms with Crippen LogP contribution in [0.25, 0.3) is 0 Å². The molecule has 1 aromatic carbocycles.